The Morgan fingerprint density at radius 3 is 2.73 bits per heavy atom. The summed E-state index contributed by atoms with van der Waals surface area (Å²) in [5.74, 6) is -1.54. The van der Waals surface area contributed by atoms with Crippen LogP contribution in [0.3, 0.4) is 0 Å². The van der Waals surface area contributed by atoms with E-state index in [1.807, 2.05) is 11.8 Å². The Bertz CT molecular complexity index is 1190. The molecule has 0 radical (unpaired) electrons. The lowest BCUT2D eigenvalue weighted by atomic mass is 10.1. The summed E-state index contributed by atoms with van der Waals surface area (Å²) in [6.07, 6.45) is 1.53. The number of carbonyl (C=O) groups is 1. The maximum atomic E-state index is 14.5. The highest BCUT2D eigenvalue weighted by molar-refractivity contribution is 6.07. The zero-order valence-corrected chi connectivity index (χ0v) is 18.4. The van der Waals surface area contributed by atoms with Gasteiger partial charge >= 0.3 is 5.97 Å². The second-order valence-corrected chi connectivity index (χ2v) is 7.68. The third-order valence-electron chi connectivity index (χ3n) is 5.44. The quantitative estimate of drug-likeness (QED) is 0.509. The number of fused-ring (bicyclic) bond motifs is 1. The largest absolute Gasteiger partial charge is 0.492 e. The number of aliphatic hydroxyl groups is 1. The number of aromatic nitrogens is 1. The van der Waals surface area contributed by atoms with E-state index < -0.39 is 23.7 Å². The van der Waals surface area contributed by atoms with Crippen molar-refractivity contribution in [3.8, 4) is 5.75 Å². The van der Waals surface area contributed by atoms with Crippen molar-refractivity contribution in [2.75, 3.05) is 36.5 Å². The molecule has 3 aromatic rings. The predicted molar refractivity (Wildman–Crippen MR) is 121 cm³/mol. The number of ether oxygens (including phenoxy) is 2. The number of hydrogen-bond acceptors (Lipinski definition) is 7. The fourth-order valence-electron chi connectivity index (χ4n) is 3.91. The molecule has 174 valence electrons. The number of esters is 1. The highest BCUT2D eigenvalue weighted by Gasteiger charge is 2.26. The highest BCUT2D eigenvalue weighted by atomic mass is 19.1. The van der Waals surface area contributed by atoms with Gasteiger partial charge in [0.15, 0.2) is 0 Å². The Morgan fingerprint density at radius 1 is 1.24 bits per heavy atom. The van der Waals surface area contributed by atoms with Crippen LogP contribution >= 0.6 is 0 Å². The molecule has 7 nitrogen and oxygen atoms in total. The Balaban J connectivity index is 1.91. The molecule has 1 unspecified atom stereocenters. The zero-order valence-electron chi connectivity index (χ0n) is 18.4. The molecule has 0 saturated carbocycles. The van der Waals surface area contributed by atoms with Crippen molar-refractivity contribution in [3.63, 3.8) is 0 Å². The molecular formula is C24H25F2N3O4. The molecule has 1 aliphatic heterocycles. The Morgan fingerprint density at radius 2 is 2.06 bits per heavy atom. The molecule has 33 heavy (non-hydrogen) atoms. The Labute approximate surface area is 189 Å². The standard InChI is InChI=1S/C24H25F2N3O4/c1-3-32-22-11-20-16(10-21(22)29-8-7-15(30)13-29)23(17(12-27-20)24(31)33-4-2)28-19-6-5-14(25)9-18(19)26/h5-6,9-12,15,30H,3-4,7-8,13H2,1-2H3,(H,27,28). The predicted octanol–water partition coefficient (Wildman–Crippen LogP) is 4.40. The van der Waals surface area contributed by atoms with Crippen molar-refractivity contribution >= 4 is 33.9 Å². The van der Waals surface area contributed by atoms with Crippen molar-refractivity contribution in [3.05, 3.63) is 53.7 Å². The number of aliphatic hydroxyl groups excluding tert-OH is 1. The molecule has 1 fully saturated rings. The van der Waals surface area contributed by atoms with Crippen LogP contribution in [-0.2, 0) is 4.74 Å². The van der Waals surface area contributed by atoms with E-state index in [1.54, 1.807) is 19.1 Å². The number of nitrogens with one attached hydrogen (secondary N) is 1. The number of pyridine rings is 1. The van der Waals surface area contributed by atoms with Gasteiger partial charge in [-0.25, -0.2) is 13.6 Å². The van der Waals surface area contributed by atoms with Gasteiger partial charge in [-0.3, -0.25) is 4.98 Å². The summed E-state index contributed by atoms with van der Waals surface area (Å²) in [4.78, 5) is 19.1. The molecule has 4 rings (SSSR count). The van der Waals surface area contributed by atoms with Gasteiger partial charge in [-0.1, -0.05) is 0 Å². The lowest BCUT2D eigenvalue weighted by Gasteiger charge is -2.23. The number of nitrogens with zero attached hydrogens (tertiary/aromatic N) is 2. The summed E-state index contributed by atoms with van der Waals surface area (Å²) < 4.78 is 38.9. The van der Waals surface area contributed by atoms with E-state index in [0.29, 0.717) is 42.8 Å². The fraction of sp³-hybridized carbons (Fsp3) is 0.333. The van der Waals surface area contributed by atoms with Gasteiger partial charge < -0.3 is 24.8 Å². The molecule has 2 heterocycles. The smallest absolute Gasteiger partial charge is 0.341 e. The molecule has 9 heteroatoms. The minimum atomic E-state index is -0.802. The van der Waals surface area contributed by atoms with E-state index in [2.05, 4.69) is 10.3 Å². The Kier molecular flexibility index (Phi) is 6.60. The van der Waals surface area contributed by atoms with Crippen LogP contribution in [-0.4, -0.2) is 48.5 Å². The second-order valence-electron chi connectivity index (χ2n) is 7.68. The van der Waals surface area contributed by atoms with Crippen LogP contribution in [0.4, 0.5) is 25.8 Å². The molecule has 1 atom stereocenters. The lowest BCUT2D eigenvalue weighted by molar-refractivity contribution is 0.0527. The molecule has 0 aliphatic carbocycles. The first-order valence-corrected chi connectivity index (χ1v) is 10.8. The van der Waals surface area contributed by atoms with Gasteiger partial charge in [0.2, 0.25) is 0 Å². The Hall–Kier alpha value is -3.46. The van der Waals surface area contributed by atoms with E-state index in [9.17, 15) is 18.7 Å². The van der Waals surface area contributed by atoms with Gasteiger partial charge in [0.1, 0.15) is 22.9 Å². The van der Waals surface area contributed by atoms with Crippen LogP contribution in [0.25, 0.3) is 10.9 Å². The summed E-state index contributed by atoms with van der Waals surface area (Å²) >= 11 is 0. The van der Waals surface area contributed by atoms with Crippen molar-refractivity contribution in [2.24, 2.45) is 0 Å². The maximum Gasteiger partial charge on any atom is 0.341 e. The van der Waals surface area contributed by atoms with E-state index in [4.69, 9.17) is 9.47 Å². The molecule has 1 aromatic heterocycles. The van der Waals surface area contributed by atoms with Crippen LogP contribution in [0, 0.1) is 11.6 Å². The summed E-state index contributed by atoms with van der Waals surface area (Å²) in [5, 5.41) is 13.5. The van der Waals surface area contributed by atoms with Crippen LogP contribution in [0.2, 0.25) is 0 Å². The first kappa shape index (κ1) is 22.7. The molecular weight excluding hydrogens is 432 g/mol. The van der Waals surface area contributed by atoms with Crippen LogP contribution < -0.4 is 15.0 Å². The van der Waals surface area contributed by atoms with Crippen LogP contribution in [0.15, 0.2) is 36.5 Å². The number of carbonyl (C=O) groups excluding carboxylic acids is 1. The molecule has 0 bridgehead atoms. The van der Waals surface area contributed by atoms with Gasteiger partial charge in [-0.2, -0.15) is 0 Å². The number of rotatable bonds is 7. The maximum absolute atomic E-state index is 14.5. The fourth-order valence-corrected chi connectivity index (χ4v) is 3.91. The number of hydrogen-bond donors (Lipinski definition) is 2. The number of halogens is 2. The molecule has 2 aromatic carbocycles. The minimum absolute atomic E-state index is 0.00137. The van der Waals surface area contributed by atoms with E-state index >= 15 is 0 Å². The van der Waals surface area contributed by atoms with Crippen molar-refractivity contribution in [1.29, 1.82) is 0 Å². The highest BCUT2D eigenvalue weighted by Crippen LogP contribution is 2.39. The summed E-state index contributed by atoms with van der Waals surface area (Å²) in [6, 6.07) is 6.71. The minimum Gasteiger partial charge on any atom is -0.492 e. The van der Waals surface area contributed by atoms with Crippen molar-refractivity contribution in [1.82, 2.24) is 4.98 Å². The number of anilines is 3. The molecule has 1 saturated heterocycles. The second kappa shape index (κ2) is 9.58. The first-order chi connectivity index (χ1) is 15.9. The van der Waals surface area contributed by atoms with Crippen LogP contribution in [0.5, 0.6) is 5.75 Å². The average molecular weight is 457 g/mol. The monoisotopic (exact) mass is 457 g/mol. The van der Waals surface area contributed by atoms with Crippen LogP contribution in [0.1, 0.15) is 30.6 Å². The normalized spacial score (nSPS) is 15.7. The van der Waals surface area contributed by atoms with E-state index in [0.717, 1.165) is 17.8 Å². The number of β-amino-alcohol motifs (C(OH)–C–C–N with tert-alkyl or cyclic N) is 1. The van der Waals surface area contributed by atoms with Crippen molar-refractivity contribution < 1.29 is 28.2 Å². The third kappa shape index (κ3) is 4.68. The van der Waals surface area contributed by atoms with Gasteiger partial charge in [0.25, 0.3) is 0 Å². The van der Waals surface area contributed by atoms with Gasteiger partial charge in [-0.15, -0.1) is 0 Å². The molecule has 1 aliphatic rings. The number of benzene rings is 2. The lowest BCUT2D eigenvalue weighted by Crippen LogP contribution is -2.22. The van der Waals surface area contributed by atoms with E-state index in [-0.39, 0.29) is 23.5 Å². The molecule has 2 N–H and O–H groups in total. The third-order valence-corrected chi connectivity index (χ3v) is 5.44. The van der Waals surface area contributed by atoms with E-state index in [1.165, 1.54) is 12.3 Å². The summed E-state index contributed by atoms with van der Waals surface area (Å²) in [7, 11) is 0. The van der Waals surface area contributed by atoms with Crippen molar-refractivity contribution in [2.45, 2.75) is 26.4 Å². The molecule has 0 spiro atoms. The topological polar surface area (TPSA) is 83.9 Å². The van der Waals surface area contributed by atoms with Gasteiger partial charge in [-0.05, 0) is 38.5 Å². The first-order valence-electron chi connectivity index (χ1n) is 10.8. The summed E-state index contributed by atoms with van der Waals surface area (Å²) in [5.41, 5.74) is 1.64. The average Bonchev–Trinajstić information content (AvgIpc) is 3.21. The summed E-state index contributed by atoms with van der Waals surface area (Å²) in [6.45, 7) is 5.21. The molecule has 0 amide bonds. The zero-order chi connectivity index (χ0) is 23.5. The van der Waals surface area contributed by atoms with Gasteiger partial charge in [0, 0.05) is 36.8 Å². The van der Waals surface area contributed by atoms with Gasteiger partial charge in [0.05, 0.1) is 41.9 Å². The SMILES string of the molecule is CCOC(=O)c1cnc2cc(OCC)c(N3CCC(O)C3)cc2c1Nc1ccc(F)cc1F.